The van der Waals surface area contributed by atoms with E-state index in [0.29, 0.717) is 0 Å². The third kappa shape index (κ3) is 0.823. The Bertz CT molecular complexity index is 326. The summed E-state index contributed by atoms with van der Waals surface area (Å²) in [6, 6.07) is 1.94. The Kier molecular flexibility index (Phi) is 1.29. The number of rotatable bonds is 0. The molecule has 0 unspecified atom stereocenters. The Labute approximate surface area is 54.2 Å². The molecule has 0 atom stereocenters. The highest BCUT2D eigenvalue weighted by atomic mass is 14.9. The van der Waals surface area contributed by atoms with Crippen molar-refractivity contribution in [2.24, 2.45) is 7.05 Å². The summed E-state index contributed by atoms with van der Waals surface area (Å²) in [5.74, 6) is 0. The Morgan fingerprint density at radius 2 is 2.33 bits per heavy atom. The molecule has 1 rings (SSSR count). The smallest absolute Gasteiger partial charge is 0.0899 e. The normalized spacial score (nSPS) is 9.00. The maximum Gasteiger partial charge on any atom is 0.0899 e. The van der Waals surface area contributed by atoms with Crippen molar-refractivity contribution >= 4 is 12.3 Å². The summed E-state index contributed by atoms with van der Waals surface area (Å²) in [4.78, 5) is 0. The molecule has 0 spiro atoms. The molecule has 1 aromatic heterocycles. The van der Waals surface area contributed by atoms with Gasteiger partial charge in [-0.05, 0) is 6.07 Å². The minimum absolute atomic E-state index is 0.968. The van der Waals surface area contributed by atoms with E-state index in [1.807, 2.05) is 23.9 Å². The van der Waals surface area contributed by atoms with E-state index in [1.165, 1.54) is 0 Å². The first-order valence-corrected chi connectivity index (χ1v) is 2.76. The summed E-state index contributed by atoms with van der Waals surface area (Å²) in [5.41, 5.74) is 2.79. The second-order valence-electron chi connectivity index (χ2n) is 1.98. The average Bonchev–Trinajstić information content (AvgIpc) is 2.12. The first-order chi connectivity index (χ1) is 4.25. The number of aryl methyl sites for hydroxylation is 1. The van der Waals surface area contributed by atoms with E-state index in [4.69, 9.17) is 0 Å². The maximum atomic E-state index is 3.79. The fourth-order valence-corrected chi connectivity index (χ4v) is 0.820. The molecule has 0 saturated carbocycles. The number of hydrogen-bond donors (Lipinski definition) is 0. The van der Waals surface area contributed by atoms with Gasteiger partial charge in [0.05, 0.1) is 5.35 Å². The van der Waals surface area contributed by atoms with E-state index in [9.17, 15) is 0 Å². The third-order valence-corrected chi connectivity index (χ3v) is 1.32. The predicted octanol–water partition coefficient (Wildman–Crippen LogP) is 0.000800. The van der Waals surface area contributed by atoms with Crippen molar-refractivity contribution in [1.82, 2.24) is 4.57 Å². The number of hydrogen-bond acceptors (Lipinski definition) is 0. The van der Waals surface area contributed by atoms with Crippen molar-refractivity contribution in [2.45, 2.75) is 0 Å². The van der Waals surface area contributed by atoms with Crippen LogP contribution in [0.3, 0.4) is 0 Å². The SMILES string of the molecule is C=C=c1c(=C)ccn1C. The summed E-state index contributed by atoms with van der Waals surface area (Å²) >= 11 is 0. The van der Waals surface area contributed by atoms with Gasteiger partial charge < -0.3 is 4.57 Å². The number of nitrogens with zero attached hydrogens (tertiary/aromatic N) is 1. The molecular formula is C8H9N. The van der Waals surface area contributed by atoms with Crippen LogP contribution >= 0.6 is 0 Å². The highest BCUT2D eigenvalue weighted by Crippen LogP contribution is 1.65. The van der Waals surface area contributed by atoms with Gasteiger partial charge in [-0.2, -0.15) is 0 Å². The lowest BCUT2D eigenvalue weighted by molar-refractivity contribution is 0.890. The molecule has 0 amide bonds. The lowest BCUT2D eigenvalue weighted by Crippen LogP contribution is -2.24. The molecule has 0 fully saturated rings. The Morgan fingerprint density at radius 1 is 1.67 bits per heavy atom. The van der Waals surface area contributed by atoms with Crippen LogP contribution in [0.5, 0.6) is 0 Å². The molecular weight excluding hydrogens is 110 g/mol. The predicted molar refractivity (Wildman–Crippen MR) is 39.2 cm³/mol. The summed E-state index contributed by atoms with van der Waals surface area (Å²) in [7, 11) is 1.95. The van der Waals surface area contributed by atoms with Gasteiger partial charge in [0.2, 0.25) is 0 Å². The first-order valence-electron chi connectivity index (χ1n) is 2.76. The standard InChI is InChI=1S/C8H9N/c1-4-8-7(2)5-6-9(8)3/h5-6H,1-2H2,3H3. The topological polar surface area (TPSA) is 4.93 Å². The van der Waals surface area contributed by atoms with E-state index >= 15 is 0 Å². The second-order valence-corrected chi connectivity index (χ2v) is 1.98. The Hall–Kier alpha value is -1.20. The zero-order chi connectivity index (χ0) is 6.85. The van der Waals surface area contributed by atoms with Crippen molar-refractivity contribution in [1.29, 1.82) is 0 Å². The van der Waals surface area contributed by atoms with Gasteiger partial charge in [0, 0.05) is 18.5 Å². The molecule has 0 aliphatic heterocycles. The van der Waals surface area contributed by atoms with Gasteiger partial charge in [-0.3, -0.25) is 0 Å². The van der Waals surface area contributed by atoms with E-state index < -0.39 is 0 Å². The van der Waals surface area contributed by atoms with Crippen LogP contribution < -0.4 is 10.6 Å². The maximum absolute atomic E-state index is 3.79. The van der Waals surface area contributed by atoms with Crippen molar-refractivity contribution in [3.63, 3.8) is 0 Å². The minimum Gasteiger partial charge on any atom is -0.344 e. The zero-order valence-corrected chi connectivity index (χ0v) is 5.52. The molecule has 0 aliphatic rings. The quantitative estimate of drug-likeness (QED) is 0.453. The lowest BCUT2D eigenvalue weighted by atomic mass is 10.5. The van der Waals surface area contributed by atoms with E-state index in [0.717, 1.165) is 10.6 Å². The molecule has 9 heavy (non-hydrogen) atoms. The van der Waals surface area contributed by atoms with Crippen LogP contribution in [0.15, 0.2) is 18.8 Å². The summed E-state index contributed by atoms with van der Waals surface area (Å²) in [6.07, 6.45) is 1.94. The monoisotopic (exact) mass is 119 g/mol. The minimum atomic E-state index is 0.968. The second kappa shape index (κ2) is 1.96. The number of aromatic nitrogens is 1. The van der Waals surface area contributed by atoms with Gasteiger partial charge in [-0.15, -0.1) is 5.73 Å². The summed E-state index contributed by atoms with van der Waals surface area (Å²) < 4.78 is 1.94. The highest BCUT2D eigenvalue weighted by Gasteiger charge is 1.83. The summed E-state index contributed by atoms with van der Waals surface area (Å²) in [5, 5.41) is 1.95. The molecule has 46 valence electrons. The van der Waals surface area contributed by atoms with Crippen LogP contribution in [-0.2, 0) is 7.05 Å². The van der Waals surface area contributed by atoms with Gasteiger partial charge in [0.1, 0.15) is 0 Å². The van der Waals surface area contributed by atoms with Crippen LogP contribution in [0.2, 0.25) is 0 Å². The molecule has 1 aromatic rings. The van der Waals surface area contributed by atoms with Crippen molar-refractivity contribution in [3.05, 3.63) is 29.4 Å². The van der Waals surface area contributed by atoms with Gasteiger partial charge in [-0.1, -0.05) is 13.2 Å². The van der Waals surface area contributed by atoms with E-state index in [1.54, 1.807) is 0 Å². The molecule has 0 radical (unpaired) electrons. The highest BCUT2D eigenvalue weighted by molar-refractivity contribution is 5.17. The average molecular weight is 119 g/mol. The van der Waals surface area contributed by atoms with Crippen LogP contribution in [0, 0.1) is 0 Å². The van der Waals surface area contributed by atoms with Crippen molar-refractivity contribution in [2.75, 3.05) is 0 Å². The van der Waals surface area contributed by atoms with Crippen LogP contribution in [-0.4, -0.2) is 4.57 Å². The molecule has 1 nitrogen and oxygen atoms in total. The molecule has 0 aliphatic carbocycles. The van der Waals surface area contributed by atoms with Crippen LogP contribution in [0.1, 0.15) is 0 Å². The fraction of sp³-hybridized carbons (Fsp3) is 0.125. The Morgan fingerprint density at radius 3 is 2.56 bits per heavy atom. The molecule has 0 aromatic carbocycles. The Balaban J connectivity index is 3.82. The van der Waals surface area contributed by atoms with E-state index in [-0.39, 0.29) is 0 Å². The van der Waals surface area contributed by atoms with Crippen molar-refractivity contribution in [3.8, 4) is 0 Å². The van der Waals surface area contributed by atoms with Crippen LogP contribution in [0.4, 0.5) is 0 Å². The third-order valence-electron chi connectivity index (χ3n) is 1.32. The van der Waals surface area contributed by atoms with Gasteiger partial charge >= 0.3 is 0 Å². The molecule has 0 bridgehead atoms. The largest absolute Gasteiger partial charge is 0.344 e. The molecule has 0 N–H and O–H groups in total. The molecule has 1 heteroatoms. The first kappa shape index (κ1) is 5.93. The van der Waals surface area contributed by atoms with Gasteiger partial charge in [0.15, 0.2) is 0 Å². The van der Waals surface area contributed by atoms with Gasteiger partial charge in [0.25, 0.3) is 0 Å². The van der Waals surface area contributed by atoms with Gasteiger partial charge in [-0.25, -0.2) is 0 Å². The zero-order valence-electron chi connectivity index (χ0n) is 5.52. The van der Waals surface area contributed by atoms with E-state index in [2.05, 4.69) is 18.9 Å². The lowest BCUT2D eigenvalue weighted by Gasteiger charge is -1.83. The van der Waals surface area contributed by atoms with Crippen molar-refractivity contribution < 1.29 is 0 Å². The molecule has 0 saturated heterocycles. The fourth-order valence-electron chi connectivity index (χ4n) is 0.820. The summed E-state index contributed by atoms with van der Waals surface area (Å²) in [6.45, 7) is 7.33. The molecule has 1 heterocycles. The van der Waals surface area contributed by atoms with Crippen LogP contribution in [0.25, 0.3) is 12.3 Å².